The van der Waals surface area contributed by atoms with Crippen molar-refractivity contribution >= 4 is 5.97 Å². The van der Waals surface area contributed by atoms with Crippen molar-refractivity contribution < 1.29 is 14.3 Å². The second-order valence-corrected chi connectivity index (χ2v) is 3.84. The quantitative estimate of drug-likeness (QED) is 0.469. The van der Waals surface area contributed by atoms with Gasteiger partial charge in [-0.05, 0) is 19.8 Å². The zero-order valence-electron chi connectivity index (χ0n) is 9.76. The van der Waals surface area contributed by atoms with E-state index in [1.165, 1.54) is 0 Å². The summed E-state index contributed by atoms with van der Waals surface area (Å²) in [5.74, 6) is -0.143. The van der Waals surface area contributed by atoms with Crippen LogP contribution in [0.2, 0.25) is 0 Å². The molecule has 0 N–H and O–H groups in total. The highest BCUT2D eigenvalue weighted by atomic mass is 16.5. The van der Waals surface area contributed by atoms with Gasteiger partial charge in [0.15, 0.2) is 0 Å². The van der Waals surface area contributed by atoms with Gasteiger partial charge in [0.25, 0.3) is 0 Å². The number of unbranched alkanes of at least 4 members (excludes halogenated alkanes) is 1. The maximum atomic E-state index is 11.7. The summed E-state index contributed by atoms with van der Waals surface area (Å²) in [5, 5.41) is 0. The lowest BCUT2D eigenvalue weighted by atomic mass is 9.89. The lowest BCUT2D eigenvalue weighted by molar-refractivity contribution is -0.158. The molecule has 3 heteroatoms. The van der Waals surface area contributed by atoms with Crippen LogP contribution in [0.3, 0.4) is 0 Å². The van der Waals surface area contributed by atoms with E-state index < -0.39 is 5.41 Å². The number of methoxy groups -OCH3 is 1. The fourth-order valence-corrected chi connectivity index (χ4v) is 1.11. The van der Waals surface area contributed by atoms with Gasteiger partial charge in [0.1, 0.15) is 0 Å². The van der Waals surface area contributed by atoms with Crippen molar-refractivity contribution in [3.05, 3.63) is 0 Å². The van der Waals surface area contributed by atoms with Crippen LogP contribution in [0.1, 0.15) is 40.0 Å². The van der Waals surface area contributed by atoms with Gasteiger partial charge in [-0.1, -0.05) is 20.3 Å². The molecule has 0 saturated heterocycles. The van der Waals surface area contributed by atoms with Crippen LogP contribution in [0.15, 0.2) is 0 Å². The number of hydrogen-bond acceptors (Lipinski definition) is 3. The molecule has 1 atom stereocenters. The van der Waals surface area contributed by atoms with Gasteiger partial charge in [0.2, 0.25) is 0 Å². The molecule has 0 aromatic heterocycles. The first-order chi connectivity index (χ1) is 6.60. The summed E-state index contributed by atoms with van der Waals surface area (Å²) >= 11 is 0. The smallest absolute Gasteiger partial charge is 0.314 e. The van der Waals surface area contributed by atoms with Crippen LogP contribution in [-0.4, -0.2) is 26.3 Å². The summed E-state index contributed by atoms with van der Waals surface area (Å²) < 4.78 is 10.2. The zero-order chi connectivity index (χ0) is 11.0. The molecule has 0 aliphatic heterocycles. The van der Waals surface area contributed by atoms with Gasteiger partial charge < -0.3 is 9.47 Å². The molecular formula is C11H22O3. The lowest BCUT2D eigenvalue weighted by Crippen LogP contribution is -2.33. The van der Waals surface area contributed by atoms with Crippen molar-refractivity contribution in [3.8, 4) is 0 Å². The van der Waals surface area contributed by atoms with Crippen molar-refractivity contribution in [3.63, 3.8) is 0 Å². The maximum absolute atomic E-state index is 11.7. The average Bonchev–Trinajstić information content (AvgIpc) is 2.18. The van der Waals surface area contributed by atoms with Crippen LogP contribution in [0.5, 0.6) is 0 Å². The van der Waals surface area contributed by atoms with Crippen molar-refractivity contribution in [2.24, 2.45) is 5.41 Å². The molecule has 0 radical (unpaired) electrons. The molecular weight excluding hydrogens is 180 g/mol. The Hall–Kier alpha value is -0.570. The van der Waals surface area contributed by atoms with Crippen molar-refractivity contribution in [2.75, 3.05) is 20.3 Å². The summed E-state index contributed by atoms with van der Waals surface area (Å²) in [6, 6.07) is 0. The molecule has 0 spiro atoms. The van der Waals surface area contributed by atoms with Gasteiger partial charge in [-0.25, -0.2) is 0 Å². The first kappa shape index (κ1) is 13.4. The van der Waals surface area contributed by atoms with E-state index in [1.54, 1.807) is 7.11 Å². The van der Waals surface area contributed by atoms with Crippen LogP contribution in [-0.2, 0) is 14.3 Å². The number of carbonyl (C=O) groups excluding carboxylic acids is 1. The van der Waals surface area contributed by atoms with Gasteiger partial charge in [-0.2, -0.15) is 0 Å². The monoisotopic (exact) mass is 202 g/mol. The van der Waals surface area contributed by atoms with E-state index in [9.17, 15) is 4.79 Å². The molecule has 84 valence electrons. The SMILES string of the molecule is CCCCOC(=O)C(C)(CC)COC. The van der Waals surface area contributed by atoms with Crippen molar-refractivity contribution in [1.82, 2.24) is 0 Å². The van der Waals surface area contributed by atoms with E-state index >= 15 is 0 Å². The van der Waals surface area contributed by atoms with Gasteiger partial charge in [0.05, 0.1) is 18.6 Å². The summed E-state index contributed by atoms with van der Waals surface area (Å²) in [7, 11) is 1.60. The minimum absolute atomic E-state index is 0.143. The molecule has 0 amide bonds. The Bertz CT molecular complexity index is 168. The lowest BCUT2D eigenvalue weighted by Gasteiger charge is -2.24. The highest BCUT2D eigenvalue weighted by Gasteiger charge is 2.32. The Balaban J connectivity index is 4.03. The van der Waals surface area contributed by atoms with Crippen molar-refractivity contribution in [2.45, 2.75) is 40.0 Å². The summed E-state index contributed by atoms with van der Waals surface area (Å²) in [4.78, 5) is 11.7. The first-order valence-corrected chi connectivity index (χ1v) is 5.27. The first-order valence-electron chi connectivity index (χ1n) is 5.27. The molecule has 0 aromatic rings. The van der Waals surface area contributed by atoms with E-state index in [1.807, 2.05) is 13.8 Å². The molecule has 0 heterocycles. The standard InChI is InChI=1S/C11H22O3/c1-5-7-8-14-10(12)11(3,6-2)9-13-4/h5-9H2,1-4H3. The summed E-state index contributed by atoms with van der Waals surface area (Å²) in [6.07, 6.45) is 2.71. The Kier molecular flexibility index (Phi) is 6.54. The summed E-state index contributed by atoms with van der Waals surface area (Å²) in [5.41, 5.74) is -0.484. The largest absolute Gasteiger partial charge is 0.465 e. The van der Waals surface area contributed by atoms with E-state index in [0.717, 1.165) is 19.3 Å². The average molecular weight is 202 g/mol. The highest BCUT2D eigenvalue weighted by molar-refractivity contribution is 5.76. The van der Waals surface area contributed by atoms with Gasteiger partial charge >= 0.3 is 5.97 Å². The van der Waals surface area contributed by atoms with Crippen LogP contribution in [0.4, 0.5) is 0 Å². The second-order valence-electron chi connectivity index (χ2n) is 3.84. The molecule has 1 unspecified atom stereocenters. The molecule has 0 saturated carbocycles. The van der Waals surface area contributed by atoms with Gasteiger partial charge in [-0.15, -0.1) is 0 Å². The molecule has 14 heavy (non-hydrogen) atoms. The highest BCUT2D eigenvalue weighted by Crippen LogP contribution is 2.23. The van der Waals surface area contributed by atoms with Gasteiger partial charge in [-0.3, -0.25) is 4.79 Å². The normalized spacial score (nSPS) is 14.9. The molecule has 3 nitrogen and oxygen atoms in total. The Labute approximate surface area is 86.8 Å². The van der Waals surface area contributed by atoms with Crippen molar-refractivity contribution in [1.29, 1.82) is 0 Å². The molecule has 0 aromatic carbocycles. The second kappa shape index (κ2) is 6.82. The van der Waals surface area contributed by atoms with Crippen LogP contribution < -0.4 is 0 Å². The maximum Gasteiger partial charge on any atom is 0.314 e. The minimum atomic E-state index is -0.484. The van der Waals surface area contributed by atoms with Crippen LogP contribution in [0.25, 0.3) is 0 Å². The van der Waals surface area contributed by atoms with Crippen LogP contribution in [0, 0.1) is 5.41 Å². The fraction of sp³-hybridized carbons (Fsp3) is 0.909. The van der Waals surface area contributed by atoms with E-state index in [4.69, 9.17) is 9.47 Å². The Morgan fingerprint density at radius 3 is 2.43 bits per heavy atom. The molecule has 0 bridgehead atoms. The number of ether oxygens (including phenoxy) is 2. The molecule has 0 aliphatic carbocycles. The van der Waals surface area contributed by atoms with Crippen LogP contribution >= 0.6 is 0 Å². The third-order valence-electron chi connectivity index (χ3n) is 2.47. The van der Waals surface area contributed by atoms with E-state index in [-0.39, 0.29) is 5.97 Å². The zero-order valence-corrected chi connectivity index (χ0v) is 9.76. The predicted octanol–water partition coefficient (Wildman–Crippen LogP) is 2.39. The fourth-order valence-electron chi connectivity index (χ4n) is 1.11. The number of esters is 1. The van der Waals surface area contributed by atoms with Gasteiger partial charge in [0, 0.05) is 7.11 Å². The summed E-state index contributed by atoms with van der Waals surface area (Å²) in [6.45, 7) is 6.87. The number of rotatable bonds is 7. The topological polar surface area (TPSA) is 35.5 Å². The molecule has 0 fully saturated rings. The number of hydrogen-bond donors (Lipinski definition) is 0. The third-order valence-corrected chi connectivity index (χ3v) is 2.47. The van der Waals surface area contributed by atoms with E-state index in [0.29, 0.717) is 13.2 Å². The molecule has 0 aliphatic rings. The minimum Gasteiger partial charge on any atom is -0.465 e. The number of carbonyl (C=O) groups is 1. The third kappa shape index (κ3) is 4.09. The predicted molar refractivity (Wildman–Crippen MR) is 56.1 cm³/mol. The Morgan fingerprint density at radius 1 is 1.36 bits per heavy atom. The Morgan fingerprint density at radius 2 is 2.00 bits per heavy atom. The molecule has 0 rings (SSSR count). The van der Waals surface area contributed by atoms with E-state index in [2.05, 4.69) is 6.92 Å².